The summed E-state index contributed by atoms with van der Waals surface area (Å²) in [5.41, 5.74) is 0. The molecule has 0 saturated heterocycles. The monoisotopic (exact) mass is 183 g/mol. The van der Waals surface area contributed by atoms with Crippen LogP contribution >= 0.6 is 0 Å². The highest BCUT2D eigenvalue weighted by Gasteiger charge is 2.20. The molecule has 0 aromatic rings. The van der Waals surface area contributed by atoms with E-state index in [1.54, 1.807) is 0 Å². The van der Waals surface area contributed by atoms with E-state index in [0.717, 1.165) is 26.2 Å². The third-order valence-corrected chi connectivity index (χ3v) is 3.05. The van der Waals surface area contributed by atoms with Crippen LogP contribution in [0.15, 0.2) is 0 Å². The summed E-state index contributed by atoms with van der Waals surface area (Å²) >= 11 is 0. The highest BCUT2D eigenvalue weighted by Crippen LogP contribution is 1.97. The predicted molar refractivity (Wildman–Crippen MR) is 57.4 cm³/mol. The Balaban J connectivity index is 4.02. The van der Waals surface area contributed by atoms with Gasteiger partial charge in [-0.15, -0.1) is 0 Å². The van der Waals surface area contributed by atoms with Crippen molar-refractivity contribution in [3.63, 3.8) is 0 Å². The van der Waals surface area contributed by atoms with Crippen molar-refractivity contribution in [2.24, 2.45) is 0 Å². The average molecular weight is 183 g/mol. The van der Waals surface area contributed by atoms with Gasteiger partial charge in [0.05, 0.1) is 0 Å². The third kappa shape index (κ3) is 3.29. The molecule has 0 aliphatic carbocycles. The highest BCUT2D eigenvalue weighted by atomic mass is 28.1. The fourth-order valence-corrected chi connectivity index (χ4v) is 2.10. The van der Waals surface area contributed by atoms with E-state index < -0.39 is 0 Å². The summed E-state index contributed by atoms with van der Waals surface area (Å²) in [5.74, 6) is 0. The molecular weight excluding hydrogens is 163 g/mol. The molecule has 0 bridgehead atoms. The number of nitrogens with zero attached hydrogens (tertiary/aromatic N) is 2. The van der Waals surface area contributed by atoms with Gasteiger partial charge in [0.1, 0.15) is 0 Å². The number of hydrogen-bond acceptors (Lipinski definition) is 2. The van der Waals surface area contributed by atoms with Crippen molar-refractivity contribution in [2.75, 3.05) is 26.2 Å². The molecule has 0 amide bonds. The molecule has 0 unspecified atom stereocenters. The maximum Gasteiger partial charge on any atom is 0.284 e. The van der Waals surface area contributed by atoms with Crippen LogP contribution in [0.25, 0.3) is 0 Å². The van der Waals surface area contributed by atoms with Gasteiger partial charge in [-0.2, -0.15) is 0 Å². The summed E-state index contributed by atoms with van der Waals surface area (Å²) in [6.07, 6.45) is 0. The van der Waals surface area contributed by atoms with Crippen LogP contribution in [0.2, 0.25) is 0 Å². The maximum absolute atomic E-state index is 3.76. The number of rotatable bonds is 6. The first kappa shape index (κ1) is 12.2. The fourth-order valence-electron chi connectivity index (χ4n) is 1.37. The van der Waals surface area contributed by atoms with Crippen molar-refractivity contribution in [3.05, 3.63) is 0 Å². The molecule has 0 N–H and O–H groups in total. The zero-order valence-corrected chi connectivity index (χ0v) is 9.80. The molecule has 0 spiro atoms. The Bertz CT molecular complexity index is 93.2. The van der Waals surface area contributed by atoms with E-state index in [0.29, 0.717) is 6.57 Å². The van der Waals surface area contributed by atoms with Gasteiger partial charge in [0.25, 0.3) is 6.57 Å². The summed E-state index contributed by atoms with van der Waals surface area (Å²) in [6, 6.07) is 0. The first-order valence-corrected chi connectivity index (χ1v) is 5.48. The summed E-state index contributed by atoms with van der Waals surface area (Å²) in [6.45, 7) is 13.6. The quantitative estimate of drug-likeness (QED) is 0.562. The van der Waals surface area contributed by atoms with E-state index in [4.69, 9.17) is 0 Å². The van der Waals surface area contributed by atoms with E-state index in [9.17, 15) is 0 Å². The van der Waals surface area contributed by atoms with Crippen molar-refractivity contribution >= 4 is 16.7 Å². The van der Waals surface area contributed by atoms with Gasteiger partial charge in [-0.1, -0.05) is 27.7 Å². The van der Waals surface area contributed by atoms with Crippen molar-refractivity contribution in [1.29, 1.82) is 0 Å². The highest BCUT2D eigenvalue weighted by molar-refractivity contribution is 6.99. The van der Waals surface area contributed by atoms with Crippen LogP contribution in [0.4, 0.5) is 0 Å². The van der Waals surface area contributed by atoms with Crippen molar-refractivity contribution < 1.29 is 0 Å². The van der Waals surface area contributed by atoms with Gasteiger partial charge in [-0.05, 0) is 26.2 Å². The standard InChI is InChI=1S/C8H20BN2Si/c1-5-10(6-2)9(12)11(7-3)8-4/h5-8H2,1-4H3. The van der Waals surface area contributed by atoms with Crippen molar-refractivity contribution in [3.8, 4) is 0 Å². The van der Waals surface area contributed by atoms with Gasteiger partial charge in [-0.3, -0.25) is 0 Å². The lowest BCUT2D eigenvalue weighted by Crippen LogP contribution is -2.53. The van der Waals surface area contributed by atoms with Gasteiger partial charge >= 0.3 is 0 Å². The van der Waals surface area contributed by atoms with Crippen LogP contribution in [-0.2, 0) is 0 Å². The van der Waals surface area contributed by atoms with Gasteiger partial charge < -0.3 is 9.62 Å². The second kappa shape index (κ2) is 6.69. The fraction of sp³-hybridized carbons (Fsp3) is 1.00. The molecule has 12 heavy (non-hydrogen) atoms. The summed E-state index contributed by atoms with van der Waals surface area (Å²) in [5, 5.41) is 0. The number of hydrogen-bond donors (Lipinski definition) is 0. The first-order chi connectivity index (χ1) is 5.71. The second-order valence-electron chi connectivity index (χ2n) is 2.82. The van der Waals surface area contributed by atoms with Gasteiger partial charge in [0.2, 0.25) is 0 Å². The van der Waals surface area contributed by atoms with Crippen LogP contribution in [0.5, 0.6) is 0 Å². The molecule has 0 rings (SSSR count). The summed E-state index contributed by atoms with van der Waals surface area (Å²) in [7, 11) is 3.76. The van der Waals surface area contributed by atoms with E-state index in [-0.39, 0.29) is 0 Å². The molecule has 3 radical (unpaired) electrons. The Morgan fingerprint density at radius 1 is 0.833 bits per heavy atom. The first-order valence-electron chi connectivity index (χ1n) is 4.90. The van der Waals surface area contributed by atoms with E-state index in [1.807, 2.05) is 0 Å². The largest absolute Gasteiger partial charge is 0.332 e. The maximum atomic E-state index is 3.76. The Labute approximate surface area is 80.8 Å². The van der Waals surface area contributed by atoms with Crippen molar-refractivity contribution in [2.45, 2.75) is 27.7 Å². The molecule has 0 heterocycles. The molecular formula is C8H20BN2Si. The predicted octanol–water partition coefficient (Wildman–Crippen LogP) is 0.823. The Morgan fingerprint density at radius 2 is 1.08 bits per heavy atom. The minimum absolute atomic E-state index is 0.398. The van der Waals surface area contributed by atoms with E-state index >= 15 is 0 Å². The molecule has 0 aliphatic heterocycles. The van der Waals surface area contributed by atoms with Gasteiger partial charge in [-0.25, -0.2) is 0 Å². The van der Waals surface area contributed by atoms with Crippen LogP contribution < -0.4 is 0 Å². The SMILES string of the molecule is CCN(CC)B([Si])N(CC)CC. The lowest BCUT2D eigenvalue weighted by molar-refractivity contribution is 0.394. The minimum atomic E-state index is 0.398. The normalized spacial score (nSPS) is 11.2. The minimum Gasteiger partial charge on any atom is -0.332 e. The average Bonchev–Trinajstić information content (AvgIpc) is 2.09. The Kier molecular flexibility index (Phi) is 6.80. The lowest BCUT2D eigenvalue weighted by Gasteiger charge is -2.32. The molecule has 0 aromatic heterocycles. The van der Waals surface area contributed by atoms with Crippen LogP contribution in [0, 0.1) is 0 Å². The van der Waals surface area contributed by atoms with Gasteiger partial charge in [0, 0.05) is 10.1 Å². The molecule has 0 atom stereocenters. The topological polar surface area (TPSA) is 6.48 Å². The van der Waals surface area contributed by atoms with Crippen LogP contribution in [0.1, 0.15) is 27.7 Å². The van der Waals surface area contributed by atoms with Crippen molar-refractivity contribution in [1.82, 2.24) is 9.62 Å². The smallest absolute Gasteiger partial charge is 0.284 e. The molecule has 0 saturated carbocycles. The lowest BCUT2D eigenvalue weighted by atomic mass is 10.0. The second-order valence-corrected chi connectivity index (χ2v) is 3.33. The third-order valence-electron chi connectivity index (χ3n) is 2.32. The zero-order chi connectivity index (χ0) is 9.56. The van der Waals surface area contributed by atoms with E-state index in [1.165, 1.54) is 0 Å². The summed E-state index contributed by atoms with van der Waals surface area (Å²) < 4.78 is 0. The Morgan fingerprint density at radius 3 is 1.25 bits per heavy atom. The molecule has 69 valence electrons. The van der Waals surface area contributed by atoms with Gasteiger partial charge in [0.15, 0.2) is 0 Å². The molecule has 2 nitrogen and oxygen atoms in total. The zero-order valence-electron chi connectivity index (χ0n) is 8.80. The molecule has 0 fully saturated rings. The molecule has 0 aliphatic rings. The molecule has 4 heteroatoms. The van der Waals surface area contributed by atoms with E-state index in [2.05, 4.69) is 47.4 Å². The Hall–Kier alpha value is 0.202. The van der Waals surface area contributed by atoms with Crippen LogP contribution in [-0.4, -0.2) is 52.5 Å². The van der Waals surface area contributed by atoms with Crippen LogP contribution in [0.3, 0.4) is 0 Å². The molecule has 0 aromatic carbocycles. The summed E-state index contributed by atoms with van der Waals surface area (Å²) in [4.78, 5) is 4.79.